The zero-order chi connectivity index (χ0) is 12.1. The number of hydrogen-bond acceptors (Lipinski definition) is 3. The van der Waals surface area contributed by atoms with E-state index in [0.29, 0.717) is 6.10 Å². The molecule has 1 aliphatic heterocycles. The lowest BCUT2D eigenvalue weighted by Crippen LogP contribution is -2.32. The second kappa shape index (κ2) is 7.62. The number of para-hydroxylation sites is 1. The smallest absolute Gasteiger partial charge is 0.0645 e. The minimum absolute atomic E-state index is 0. The third-order valence-electron chi connectivity index (χ3n) is 3.02. The van der Waals surface area contributed by atoms with Gasteiger partial charge in [-0.1, -0.05) is 18.2 Å². The molecular weight excluding hydrogens is 248 g/mol. The van der Waals surface area contributed by atoms with Crippen LogP contribution >= 0.6 is 12.4 Å². The number of fused-ring (bicyclic) bond motifs is 1. The summed E-state index contributed by atoms with van der Waals surface area (Å²) in [6.07, 6.45) is 0.315. The average molecular weight is 271 g/mol. The minimum Gasteiger partial charge on any atom is -0.377 e. The molecule has 3 nitrogen and oxygen atoms in total. The minimum atomic E-state index is 0. The van der Waals surface area contributed by atoms with E-state index in [1.54, 1.807) is 0 Å². The van der Waals surface area contributed by atoms with E-state index in [1.807, 2.05) is 0 Å². The molecule has 1 aromatic rings. The van der Waals surface area contributed by atoms with Crippen molar-refractivity contribution in [3.63, 3.8) is 0 Å². The van der Waals surface area contributed by atoms with Gasteiger partial charge in [-0.25, -0.2) is 0 Å². The Morgan fingerprint density at radius 2 is 2.11 bits per heavy atom. The van der Waals surface area contributed by atoms with Crippen LogP contribution in [0.5, 0.6) is 0 Å². The van der Waals surface area contributed by atoms with Crippen LogP contribution in [0.2, 0.25) is 0 Å². The van der Waals surface area contributed by atoms with Gasteiger partial charge in [0.1, 0.15) is 0 Å². The van der Waals surface area contributed by atoms with Gasteiger partial charge >= 0.3 is 0 Å². The fourth-order valence-corrected chi connectivity index (χ4v) is 2.16. The number of rotatable bonds is 4. The van der Waals surface area contributed by atoms with Crippen molar-refractivity contribution >= 4 is 18.1 Å². The summed E-state index contributed by atoms with van der Waals surface area (Å²) in [4.78, 5) is 2.41. The molecule has 0 radical (unpaired) electrons. The van der Waals surface area contributed by atoms with Gasteiger partial charge < -0.3 is 15.0 Å². The normalized spacial score (nSPS) is 14.9. The van der Waals surface area contributed by atoms with Gasteiger partial charge in [0.15, 0.2) is 0 Å². The Hall–Kier alpha value is -0.770. The highest BCUT2D eigenvalue weighted by atomic mass is 35.5. The van der Waals surface area contributed by atoms with Crippen LogP contribution < -0.4 is 10.2 Å². The highest BCUT2D eigenvalue weighted by Gasteiger charge is 2.13. The van der Waals surface area contributed by atoms with Crippen LogP contribution in [0.25, 0.3) is 0 Å². The summed E-state index contributed by atoms with van der Waals surface area (Å²) in [5.74, 6) is 0. The maximum absolute atomic E-state index is 5.64. The number of benzene rings is 1. The number of nitrogens with zero attached hydrogens (tertiary/aromatic N) is 1. The van der Waals surface area contributed by atoms with Crippen molar-refractivity contribution in [3.8, 4) is 0 Å². The maximum atomic E-state index is 5.64. The summed E-state index contributed by atoms with van der Waals surface area (Å²) >= 11 is 0. The first-order chi connectivity index (χ1) is 8.27. The lowest BCUT2D eigenvalue weighted by Gasteiger charge is -2.24. The Morgan fingerprint density at radius 3 is 2.89 bits per heavy atom. The average Bonchev–Trinajstić information content (AvgIpc) is 2.52. The largest absolute Gasteiger partial charge is 0.377 e. The molecule has 4 heteroatoms. The first-order valence-electron chi connectivity index (χ1n) is 6.42. The van der Waals surface area contributed by atoms with Crippen molar-refractivity contribution in [1.29, 1.82) is 0 Å². The molecule has 18 heavy (non-hydrogen) atoms. The molecule has 1 aromatic carbocycles. The Labute approximate surface area is 116 Å². The van der Waals surface area contributed by atoms with Crippen LogP contribution in [0.3, 0.4) is 0 Å². The van der Waals surface area contributed by atoms with Gasteiger partial charge in [0.25, 0.3) is 0 Å². The highest BCUT2D eigenvalue weighted by molar-refractivity contribution is 5.85. The number of nitrogens with one attached hydrogen (secondary N) is 1. The molecule has 2 rings (SSSR count). The summed E-state index contributed by atoms with van der Waals surface area (Å²) in [5, 5.41) is 3.45. The Bertz CT molecular complexity index is 357. The second-order valence-electron chi connectivity index (χ2n) is 4.71. The molecule has 0 aromatic heterocycles. The summed E-state index contributed by atoms with van der Waals surface area (Å²) in [5.41, 5.74) is 2.74. The summed E-state index contributed by atoms with van der Waals surface area (Å²) in [7, 11) is 0. The van der Waals surface area contributed by atoms with E-state index >= 15 is 0 Å². The first kappa shape index (κ1) is 15.3. The molecule has 0 fully saturated rings. The van der Waals surface area contributed by atoms with Crippen molar-refractivity contribution in [2.24, 2.45) is 0 Å². The monoisotopic (exact) mass is 270 g/mol. The molecule has 0 aliphatic carbocycles. The number of ether oxygens (including phenoxy) is 1. The quantitative estimate of drug-likeness (QED) is 0.910. The number of halogens is 1. The van der Waals surface area contributed by atoms with Gasteiger partial charge in [0.05, 0.1) is 12.7 Å². The first-order valence-corrected chi connectivity index (χ1v) is 6.42. The lowest BCUT2D eigenvalue weighted by atomic mass is 10.1. The van der Waals surface area contributed by atoms with E-state index in [-0.39, 0.29) is 12.4 Å². The SMILES string of the molecule is CC(C)OCCN1CCNCc2ccccc21.Cl. The van der Waals surface area contributed by atoms with E-state index in [9.17, 15) is 0 Å². The molecule has 102 valence electrons. The van der Waals surface area contributed by atoms with Crippen molar-refractivity contribution in [3.05, 3.63) is 29.8 Å². The number of anilines is 1. The summed E-state index contributed by atoms with van der Waals surface area (Å²) < 4.78 is 5.64. The molecule has 0 atom stereocenters. The Balaban J connectivity index is 0.00000162. The molecule has 1 heterocycles. The van der Waals surface area contributed by atoms with Gasteiger partial charge in [-0.3, -0.25) is 0 Å². The highest BCUT2D eigenvalue weighted by Crippen LogP contribution is 2.21. The number of hydrogen-bond donors (Lipinski definition) is 1. The van der Waals surface area contributed by atoms with E-state index in [0.717, 1.165) is 32.8 Å². The van der Waals surface area contributed by atoms with Crippen molar-refractivity contribution < 1.29 is 4.74 Å². The van der Waals surface area contributed by atoms with Crippen LogP contribution in [0.15, 0.2) is 24.3 Å². The topological polar surface area (TPSA) is 24.5 Å². The maximum Gasteiger partial charge on any atom is 0.0645 e. The van der Waals surface area contributed by atoms with Gasteiger partial charge in [-0.05, 0) is 25.5 Å². The zero-order valence-electron chi connectivity index (χ0n) is 11.2. The second-order valence-corrected chi connectivity index (χ2v) is 4.71. The predicted octanol–water partition coefficient (Wildman–Crippen LogP) is 2.44. The van der Waals surface area contributed by atoms with E-state index in [2.05, 4.69) is 48.3 Å². The fraction of sp³-hybridized carbons (Fsp3) is 0.571. The van der Waals surface area contributed by atoms with Crippen molar-refractivity contribution in [1.82, 2.24) is 5.32 Å². The molecule has 1 aliphatic rings. The molecule has 0 bridgehead atoms. The Morgan fingerprint density at radius 1 is 1.33 bits per heavy atom. The summed E-state index contributed by atoms with van der Waals surface area (Å²) in [6, 6.07) is 8.62. The standard InChI is InChI=1S/C14H22N2O.ClH/c1-12(2)17-10-9-16-8-7-15-11-13-5-3-4-6-14(13)16;/h3-6,12,15H,7-11H2,1-2H3;1H. The van der Waals surface area contributed by atoms with Gasteiger partial charge in [0, 0.05) is 31.9 Å². The molecule has 0 spiro atoms. The van der Waals surface area contributed by atoms with Crippen molar-refractivity contribution in [2.75, 3.05) is 31.1 Å². The molecule has 0 unspecified atom stereocenters. The zero-order valence-corrected chi connectivity index (χ0v) is 12.0. The summed E-state index contributed by atoms with van der Waals surface area (Å²) in [6.45, 7) is 8.99. The van der Waals surface area contributed by atoms with E-state index in [1.165, 1.54) is 11.3 Å². The van der Waals surface area contributed by atoms with E-state index in [4.69, 9.17) is 4.74 Å². The van der Waals surface area contributed by atoms with Crippen LogP contribution in [0.4, 0.5) is 5.69 Å². The molecular formula is C14H23ClN2O. The molecule has 0 amide bonds. The molecule has 1 N–H and O–H groups in total. The van der Waals surface area contributed by atoms with Crippen LogP contribution in [0.1, 0.15) is 19.4 Å². The predicted molar refractivity (Wildman–Crippen MR) is 78.7 cm³/mol. The third kappa shape index (κ3) is 4.16. The van der Waals surface area contributed by atoms with Gasteiger partial charge in [-0.2, -0.15) is 0 Å². The van der Waals surface area contributed by atoms with Crippen molar-refractivity contribution in [2.45, 2.75) is 26.5 Å². The lowest BCUT2D eigenvalue weighted by molar-refractivity contribution is 0.0841. The van der Waals surface area contributed by atoms with Crippen LogP contribution in [0, 0.1) is 0 Å². The third-order valence-corrected chi connectivity index (χ3v) is 3.02. The van der Waals surface area contributed by atoms with E-state index < -0.39 is 0 Å². The van der Waals surface area contributed by atoms with Crippen LogP contribution in [-0.2, 0) is 11.3 Å². The van der Waals surface area contributed by atoms with Gasteiger partial charge in [-0.15, -0.1) is 12.4 Å². The fourth-order valence-electron chi connectivity index (χ4n) is 2.16. The Kier molecular flexibility index (Phi) is 6.47. The van der Waals surface area contributed by atoms with Crippen LogP contribution in [-0.4, -0.2) is 32.3 Å². The molecule has 0 saturated carbocycles. The molecule has 0 saturated heterocycles. The van der Waals surface area contributed by atoms with Gasteiger partial charge in [0.2, 0.25) is 0 Å².